The summed E-state index contributed by atoms with van der Waals surface area (Å²) in [5, 5.41) is 0. The average molecular weight is 187 g/mol. The molecule has 0 saturated heterocycles. The van der Waals surface area contributed by atoms with E-state index in [0.29, 0.717) is 11.7 Å². The van der Waals surface area contributed by atoms with Crippen molar-refractivity contribution in [2.24, 2.45) is 0 Å². The van der Waals surface area contributed by atoms with Gasteiger partial charge in [-0.25, -0.2) is 9.97 Å². The summed E-state index contributed by atoms with van der Waals surface area (Å²) in [5.41, 5.74) is 5.48. The zero-order valence-electron chi connectivity index (χ0n) is 7.42. The number of nitrogen functional groups attached to an aromatic ring is 1. The molecule has 0 spiro atoms. The first-order valence-corrected chi connectivity index (χ1v) is 4.15. The number of nitrogens with zero attached hydrogens (tertiary/aromatic N) is 2. The molecule has 14 heavy (non-hydrogen) atoms. The fourth-order valence-corrected chi connectivity index (χ4v) is 1.02. The molecule has 2 aromatic rings. The zero-order chi connectivity index (χ0) is 9.80. The molecule has 0 amide bonds. The third kappa shape index (κ3) is 1.98. The van der Waals surface area contributed by atoms with Gasteiger partial charge in [0.05, 0.1) is 0 Å². The largest absolute Gasteiger partial charge is 0.439 e. The van der Waals surface area contributed by atoms with Crippen LogP contribution in [0.3, 0.4) is 0 Å². The second kappa shape index (κ2) is 3.74. The molecule has 70 valence electrons. The molecule has 4 nitrogen and oxygen atoms in total. The van der Waals surface area contributed by atoms with E-state index in [9.17, 15) is 0 Å². The molecule has 0 atom stereocenters. The average Bonchev–Trinajstić information content (AvgIpc) is 2.19. The summed E-state index contributed by atoms with van der Waals surface area (Å²) in [7, 11) is 0. The first-order chi connectivity index (χ1) is 6.84. The number of ether oxygens (including phenoxy) is 1. The summed E-state index contributed by atoms with van der Waals surface area (Å²) >= 11 is 0. The zero-order valence-corrected chi connectivity index (χ0v) is 7.42. The number of nitrogens with two attached hydrogens (primary N) is 1. The van der Waals surface area contributed by atoms with E-state index in [-0.39, 0.29) is 0 Å². The number of para-hydroxylation sites is 1. The highest BCUT2D eigenvalue weighted by Crippen LogP contribution is 2.18. The lowest BCUT2D eigenvalue weighted by Crippen LogP contribution is -1.93. The summed E-state index contributed by atoms with van der Waals surface area (Å²) in [5.74, 6) is 1.57. The molecule has 0 aliphatic rings. The lowest BCUT2D eigenvalue weighted by Gasteiger charge is -2.03. The standard InChI is InChI=1S/C10H9N3O/c11-9-6-10(13-7-12-9)14-8-4-2-1-3-5-8/h1-7H,(H2,11,12,13). The van der Waals surface area contributed by atoms with Gasteiger partial charge in [-0.15, -0.1) is 0 Å². The lowest BCUT2D eigenvalue weighted by atomic mass is 10.3. The molecule has 0 saturated carbocycles. The lowest BCUT2D eigenvalue weighted by molar-refractivity contribution is 0.462. The molecule has 1 aromatic carbocycles. The van der Waals surface area contributed by atoms with Gasteiger partial charge in [0.1, 0.15) is 17.9 Å². The summed E-state index contributed by atoms with van der Waals surface area (Å²) in [6.45, 7) is 0. The van der Waals surface area contributed by atoms with Gasteiger partial charge in [-0.2, -0.15) is 0 Å². The van der Waals surface area contributed by atoms with Crippen molar-refractivity contribution < 1.29 is 4.74 Å². The van der Waals surface area contributed by atoms with E-state index in [1.165, 1.54) is 6.33 Å². The highest BCUT2D eigenvalue weighted by atomic mass is 16.5. The summed E-state index contributed by atoms with van der Waals surface area (Å²) in [6.07, 6.45) is 1.37. The summed E-state index contributed by atoms with van der Waals surface area (Å²) < 4.78 is 5.43. The molecular weight excluding hydrogens is 178 g/mol. The van der Waals surface area contributed by atoms with Crippen molar-refractivity contribution in [2.75, 3.05) is 5.73 Å². The minimum absolute atomic E-state index is 0.394. The molecule has 0 fully saturated rings. The Balaban J connectivity index is 2.19. The summed E-state index contributed by atoms with van der Waals surface area (Å²) in [4.78, 5) is 7.69. The maximum Gasteiger partial charge on any atom is 0.224 e. The van der Waals surface area contributed by atoms with E-state index >= 15 is 0 Å². The van der Waals surface area contributed by atoms with Crippen LogP contribution < -0.4 is 10.5 Å². The molecule has 0 aliphatic heterocycles. The Hall–Kier alpha value is -2.10. The monoisotopic (exact) mass is 187 g/mol. The van der Waals surface area contributed by atoms with Crippen LogP contribution in [-0.2, 0) is 0 Å². The minimum Gasteiger partial charge on any atom is -0.439 e. The molecular formula is C10H9N3O. The second-order valence-electron chi connectivity index (χ2n) is 2.70. The Morgan fingerprint density at radius 2 is 1.86 bits per heavy atom. The van der Waals surface area contributed by atoms with Gasteiger partial charge < -0.3 is 10.5 Å². The highest BCUT2D eigenvalue weighted by Gasteiger charge is 1.97. The van der Waals surface area contributed by atoms with E-state index in [0.717, 1.165) is 5.75 Å². The van der Waals surface area contributed by atoms with Gasteiger partial charge in [0.2, 0.25) is 5.88 Å². The normalized spacial score (nSPS) is 9.71. The molecule has 0 aliphatic carbocycles. The minimum atomic E-state index is 0.394. The van der Waals surface area contributed by atoms with Crippen LogP contribution in [0.2, 0.25) is 0 Å². The van der Waals surface area contributed by atoms with E-state index in [1.807, 2.05) is 30.3 Å². The van der Waals surface area contributed by atoms with Crippen LogP contribution in [0.5, 0.6) is 11.6 Å². The van der Waals surface area contributed by atoms with Gasteiger partial charge in [0, 0.05) is 6.07 Å². The highest BCUT2D eigenvalue weighted by molar-refractivity contribution is 5.34. The predicted molar refractivity (Wildman–Crippen MR) is 53.0 cm³/mol. The van der Waals surface area contributed by atoms with Crippen molar-refractivity contribution in [3.05, 3.63) is 42.7 Å². The first kappa shape index (κ1) is 8.50. The maximum atomic E-state index is 5.48. The van der Waals surface area contributed by atoms with Crippen molar-refractivity contribution in [3.63, 3.8) is 0 Å². The Bertz CT molecular complexity index is 417. The van der Waals surface area contributed by atoms with Gasteiger partial charge >= 0.3 is 0 Å². The summed E-state index contributed by atoms with van der Waals surface area (Å²) in [6, 6.07) is 11.0. The van der Waals surface area contributed by atoms with Crippen LogP contribution >= 0.6 is 0 Å². The molecule has 0 unspecified atom stereocenters. The van der Waals surface area contributed by atoms with E-state index in [1.54, 1.807) is 6.07 Å². The van der Waals surface area contributed by atoms with Gasteiger partial charge in [-0.1, -0.05) is 18.2 Å². The van der Waals surface area contributed by atoms with Crippen molar-refractivity contribution in [1.29, 1.82) is 0 Å². The van der Waals surface area contributed by atoms with Crippen LogP contribution in [0, 0.1) is 0 Å². The molecule has 4 heteroatoms. The molecule has 1 heterocycles. The third-order valence-electron chi connectivity index (χ3n) is 1.63. The Kier molecular flexibility index (Phi) is 2.27. The molecule has 0 radical (unpaired) electrons. The first-order valence-electron chi connectivity index (χ1n) is 4.15. The van der Waals surface area contributed by atoms with Gasteiger partial charge in [0.15, 0.2) is 0 Å². The fourth-order valence-electron chi connectivity index (χ4n) is 1.02. The SMILES string of the molecule is Nc1cc(Oc2ccccc2)ncn1. The smallest absolute Gasteiger partial charge is 0.224 e. The maximum absolute atomic E-state index is 5.48. The van der Waals surface area contributed by atoms with E-state index < -0.39 is 0 Å². The topological polar surface area (TPSA) is 61.0 Å². The van der Waals surface area contributed by atoms with Crippen LogP contribution in [0.1, 0.15) is 0 Å². The van der Waals surface area contributed by atoms with Gasteiger partial charge in [0.25, 0.3) is 0 Å². The van der Waals surface area contributed by atoms with Crippen LogP contribution in [-0.4, -0.2) is 9.97 Å². The number of aromatic nitrogens is 2. The Labute approximate surface area is 81.4 Å². The predicted octanol–water partition coefficient (Wildman–Crippen LogP) is 1.85. The Morgan fingerprint density at radius 1 is 1.07 bits per heavy atom. The van der Waals surface area contributed by atoms with Gasteiger partial charge in [-0.05, 0) is 12.1 Å². The number of anilines is 1. The van der Waals surface area contributed by atoms with Crippen molar-refractivity contribution in [3.8, 4) is 11.6 Å². The molecule has 2 N–H and O–H groups in total. The quantitative estimate of drug-likeness (QED) is 0.779. The van der Waals surface area contributed by atoms with Crippen LogP contribution in [0.4, 0.5) is 5.82 Å². The van der Waals surface area contributed by atoms with E-state index in [2.05, 4.69) is 9.97 Å². The third-order valence-corrected chi connectivity index (χ3v) is 1.63. The molecule has 0 bridgehead atoms. The fraction of sp³-hybridized carbons (Fsp3) is 0. The number of hydrogen-bond acceptors (Lipinski definition) is 4. The number of rotatable bonds is 2. The molecule has 2 rings (SSSR count). The van der Waals surface area contributed by atoms with Gasteiger partial charge in [-0.3, -0.25) is 0 Å². The van der Waals surface area contributed by atoms with Crippen molar-refractivity contribution >= 4 is 5.82 Å². The number of benzene rings is 1. The molecule has 1 aromatic heterocycles. The second-order valence-corrected chi connectivity index (χ2v) is 2.70. The van der Waals surface area contributed by atoms with Crippen molar-refractivity contribution in [1.82, 2.24) is 9.97 Å². The van der Waals surface area contributed by atoms with E-state index in [4.69, 9.17) is 10.5 Å². The number of hydrogen-bond donors (Lipinski definition) is 1. The van der Waals surface area contributed by atoms with Crippen LogP contribution in [0.15, 0.2) is 42.7 Å². The van der Waals surface area contributed by atoms with Crippen molar-refractivity contribution in [2.45, 2.75) is 0 Å². The Morgan fingerprint density at radius 3 is 2.57 bits per heavy atom. The van der Waals surface area contributed by atoms with Crippen LogP contribution in [0.25, 0.3) is 0 Å².